The number of amides is 1. The van der Waals surface area contributed by atoms with E-state index in [2.05, 4.69) is 10.6 Å². The van der Waals surface area contributed by atoms with Crippen LogP contribution in [-0.2, 0) is 9.53 Å². The third-order valence-electron chi connectivity index (χ3n) is 3.48. The number of ether oxygens (including phenoxy) is 1. The maximum atomic E-state index is 12.2. The SMILES string of the molecule is COCCNCC(=O)NC(c1ccccc1)c1ccc(Cl)c(Cl)c1.Cl. The molecule has 0 heterocycles. The lowest BCUT2D eigenvalue weighted by Gasteiger charge is -2.20. The molecule has 2 aromatic carbocycles. The predicted molar refractivity (Wildman–Crippen MR) is 105 cm³/mol. The van der Waals surface area contributed by atoms with Gasteiger partial charge in [-0.1, -0.05) is 59.6 Å². The summed E-state index contributed by atoms with van der Waals surface area (Å²) in [5.41, 5.74) is 1.85. The van der Waals surface area contributed by atoms with Gasteiger partial charge in [-0.2, -0.15) is 0 Å². The summed E-state index contributed by atoms with van der Waals surface area (Å²) in [6.07, 6.45) is 0. The Kier molecular flexibility index (Phi) is 9.86. The molecule has 136 valence electrons. The quantitative estimate of drug-likeness (QED) is 0.658. The number of rotatable bonds is 8. The molecular formula is C18H21Cl3N2O2. The van der Waals surface area contributed by atoms with E-state index in [1.54, 1.807) is 19.2 Å². The molecule has 4 nitrogen and oxygen atoms in total. The minimum Gasteiger partial charge on any atom is -0.383 e. The Morgan fingerprint density at radius 3 is 2.44 bits per heavy atom. The van der Waals surface area contributed by atoms with E-state index in [0.717, 1.165) is 11.1 Å². The van der Waals surface area contributed by atoms with Crippen LogP contribution in [0.2, 0.25) is 10.0 Å². The fourth-order valence-corrected chi connectivity index (χ4v) is 2.59. The van der Waals surface area contributed by atoms with Crippen molar-refractivity contribution in [3.8, 4) is 0 Å². The Morgan fingerprint density at radius 1 is 1.08 bits per heavy atom. The molecule has 0 fully saturated rings. The van der Waals surface area contributed by atoms with Gasteiger partial charge in [-0.15, -0.1) is 12.4 Å². The Bertz CT molecular complexity index is 669. The van der Waals surface area contributed by atoms with E-state index in [4.69, 9.17) is 27.9 Å². The van der Waals surface area contributed by atoms with Gasteiger partial charge < -0.3 is 15.4 Å². The summed E-state index contributed by atoms with van der Waals surface area (Å²) in [6.45, 7) is 1.39. The maximum absolute atomic E-state index is 12.2. The first-order chi connectivity index (χ1) is 11.6. The Morgan fingerprint density at radius 2 is 1.80 bits per heavy atom. The fourth-order valence-electron chi connectivity index (χ4n) is 2.28. The normalized spacial score (nSPS) is 11.5. The Labute approximate surface area is 164 Å². The van der Waals surface area contributed by atoms with Crippen molar-refractivity contribution in [3.05, 3.63) is 69.7 Å². The van der Waals surface area contributed by atoms with E-state index in [0.29, 0.717) is 23.2 Å². The second-order valence-corrected chi connectivity index (χ2v) is 6.07. The van der Waals surface area contributed by atoms with Crippen molar-refractivity contribution in [2.24, 2.45) is 0 Å². The number of hydrogen-bond acceptors (Lipinski definition) is 3. The van der Waals surface area contributed by atoms with Crippen molar-refractivity contribution < 1.29 is 9.53 Å². The molecule has 7 heteroatoms. The molecule has 0 bridgehead atoms. The van der Waals surface area contributed by atoms with Crippen molar-refractivity contribution in [1.82, 2.24) is 10.6 Å². The van der Waals surface area contributed by atoms with Gasteiger partial charge in [-0.25, -0.2) is 0 Å². The maximum Gasteiger partial charge on any atom is 0.234 e. The highest BCUT2D eigenvalue weighted by molar-refractivity contribution is 6.42. The van der Waals surface area contributed by atoms with E-state index in [1.807, 2.05) is 36.4 Å². The molecule has 0 aromatic heterocycles. The monoisotopic (exact) mass is 402 g/mol. The number of halogens is 3. The zero-order chi connectivity index (χ0) is 17.4. The van der Waals surface area contributed by atoms with Gasteiger partial charge in [0.2, 0.25) is 5.91 Å². The number of methoxy groups -OCH3 is 1. The van der Waals surface area contributed by atoms with Crippen LogP contribution >= 0.6 is 35.6 Å². The molecule has 1 amide bonds. The summed E-state index contributed by atoms with van der Waals surface area (Å²) in [5.74, 6) is -0.106. The third-order valence-corrected chi connectivity index (χ3v) is 4.22. The molecule has 0 saturated carbocycles. The van der Waals surface area contributed by atoms with Crippen molar-refractivity contribution in [3.63, 3.8) is 0 Å². The minimum absolute atomic E-state index is 0. The molecule has 2 N–H and O–H groups in total. The first kappa shape index (κ1) is 21.7. The zero-order valence-corrected chi connectivity index (χ0v) is 16.1. The van der Waals surface area contributed by atoms with Crippen molar-refractivity contribution >= 4 is 41.5 Å². The van der Waals surface area contributed by atoms with Crippen LogP contribution in [0.25, 0.3) is 0 Å². The third kappa shape index (κ3) is 6.84. The van der Waals surface area contributed by atoms with Gasteiger partial charge in [0, 0.05) is 13.7 Å². The van der Waals surface area contributed by atoms with Crippen LogP contribution in [0.1, 0.15) is 17.2 Å². The van der Waals surface area contributed by atoms with Gasteiger partial charge >= 0.3 is 0 Å². The molecule has 2 rings (SSSR count). The second kappa shape index (κ2) is 11.3. The first-order valence-corrected chi connectivity index (χ1v) is 8.36. The van der Waals surface area contributed by atoms with E-state index in [1.165, 1.54) is 0 Å². The lowest BCUT2D eigenvalue weighted by atomic mass is 9.98. The number of carbonyl (C=O) groups excluding carboxylic acids is 1. The molecule has 0 aliphatic carbocycles. The van der Waals surface area contributed by atoms with Gasteiger partial charge in [-0.05, 0) is 23.3 Å². The zero-order valence-electron chi connectivity index (χ0n) is 13.8. The summed E-state index contributed by atoms with van der Waals surface area (Å²) < 4.78 is 4.95. The van der Waals surface area contributed by atoms with Crippen LogP contribution < -0.4 is 10.6 Å². The molecule has 1 atom stereocenters. The second-order valence-electron chi connectivity index (χ2n) is 5.25. The van der Waals surface area contributed by atoms with E-state index >= 15 is 0 Å². The summed E-state index contributed by atoms with van der Waals surface area (Å²) in [6, 6.07) is 14.8. The molecule has 0 spiro atoms. The van der Waals surface area contributed by atoms with Crippen molar-refractivity contribution in [2.45, 2.75) is 6.04 Å². The van der Waals surface area contributed by atoms with Crippen LogP contribution in [0.5, 0.6) is 0 Å². The molecule has 0 radical (unpaired) electrons. The molecule has 25 heavy (non-hydrogen) atoms. The summed E-state index contributed by atoms with van der Waals surface area (Å²) in [7, 11) is 1.62. The van der Waals surface area contributed by atoms with E-state index in [9.17, 15) is 4.79 Å². The number of carbonyl (C=O) groups is 1. The molecule has 0 aliphatic rings. The van der Waals surface area contributed by atoms with Gasteiger partial charge in [0.1, 0.15) is 0 Å². The topological polar surface area (TPSA) is 50.4 Å². The average molecular weight is 404 g/mol. The summed E-state index contributed by atoms with van der Waals surface area (Å²) in [4.78, 5) is 12.2. The van der Waals surface area contributed by atoms with Gasteiger partial charge in [0.25, 0.3) is 0 Å². The highest BCUT2D eigenvalue weighted by atomic mass is 35.5. The van der Waals surface area contributed by atoms with Crippen LogP contribution in [-0.4, -0.2) is 32.7 Å². The highest BCUT2D eigenvalue weighted by Crippen LogP contribution is 2.28. The van der Waals surface area contributed by atoms with Crippen LogP contribution in [0.4, 0.5) is 0 Å². The van der Waals surface area contributed by atoms with Gasteiger partial charge in [0.15, 0.2) is 0 Å². The van der Waals surface area contributed by atoms with E-state index < -0.39 is 0 Å². The van der Waals surface area contributed by atoms with Crippen LogP contribution in [0.15, 0.2) is 48.5 Å². The lowest BCUT2D eigenvalue weighted by molar-refractivity contribution is -0.120. The lowest BCUT2D eigenvalue weighted by Crippen LogP contribution is -2.37. The molecule has 0 saturated heterocycles. The molecule has 2 aromatic rings. The van der Waals surface area contributed by atoms with Gasteiger partial charge in [-0.3, -0.25) is 4.79 Å². The number of benzene rings is 2. The van der Waals surface area contributed by atoms with Crippen LogP contribution in [0.3, 0.4) is 0 Å². The summed E-state index contributed by atoms with van der Waals surface area (Å²) >= 11 is 12.1. The predicted octanol–water partition coefficient (Wildman–Crippen LogP) is 3.86. The van der Waals surface area contributed by atoms with Crippen LogP contribution in [0, 0.1) is 0 Å². The molecule has 0 aliphatic heterocycles. The molecule has 1 unspecified atom stereocenters. The minimum atomic E-state index is -0.294. The van der Waals surface area contributed by atoms with Crippen molar-refractivity contribution in [1.29, 1.82) is 0 Å². The Balaban J connectivity index is 0.00000312. The highest BCUT2D eigenvalue weighted by Gasteiger charge is 2.17. The van der Waals surface area contributed by atoms with Crippen molar-refractivity contribution in [2.75, 3.05) is 26.8 Å². The first-order valence-electron chi connectivity index (χ1n) is 7.60. The fraction of sp³-hybridized carbons (Fsp3) is 0.278. The molecular weight excluding hydrogens is 383 g/mol. The standard InChI is InChI=1S/C18H20Cl2N2O2.ClH/c1-24-10-9-21-12-17(23)22-18(13-5-3-2-4-6-13)14-7-8-15(19)16(20)11-14;/h2-8,11,18,21H,9-10,12H2,1H3,(H,22,23);1H. The Hall–Kier alpha value is -1.30. The van der Waals surface area contributed by atoms with E-state index in [-0.39, 0.29) is 30.9 Å². The summed E-state index contributed by atoms with van der Waals surface area (Å²) in [5, 5.41) is 7.01. The number of nitrogens with one attached hydrogen (secondary N) is 2. The smallest absolute Gasteiger partial charge is 0.234 e. The average Bonchev–Trinajstić information content (AvgIpc) is 2.60. The number of hydrogen-bond donors (Lipinski definition) is 2. The largest absolute Gasteiger partial charge is 0.383 e. The van der Waals surface area contributed by atoms with Gasteiger partial charge in [0.05, 0.1) is 29.2 Å².